The smallest absolute Gasteiger partial charge is 0.164 e. The van der Waals surface area contributed by atoms with Gasteiger partial charge in [0, 0.05) is 0 Å². The van der Waals surface area contributed by atoms with Gasteiger partial charge in [-0.3, -0.25) is 0 Å². The Bertz CT molecular complexity index is 1080. The van der Waals surface area contributed by atoms with Crippen LogP contribution in [0, 0.1) is 11.3 Å². The number of hydrogen-bond donors (Lipinski definition) is 0. The molecule has 0 amide bonds. The Hall–Kier alpha value is -3.01. The minimum atomic E-state index is -0.855. The van der Waals surface area contributed by atoms with Crippen molar-refractivity contribution in [2.75, 3.05) is 6.61 Å². The number of hydrogen-bond acceptors (Lipinski definition) is 5. The fourth-order valence-corrected chi connectivity index (χ4v) is 5.58. The van der Waals surface area contributed by atoms with Crippen molar-refractivity contribution >= 4 is 0 Å². The Morgan fingerprint density at radius 1 is 0.829 bits per heavy atom. The molecule has 0 saturated carbocycles. The van der Waals surface area contributed by atoms with Crippen LogP contribution in [-0.4, -0.2) is 36.3 Å². The van der Waals surface area contributed by atoms with Gasteiger partial charge in [0.1, 0.15) is 29.5 Å². The first-order valence-corrected chi connectivity index (χ1v) is 12.1. The van der Waals surface area contributed by atoms with Crippen molar-refractivity contribution in [3.05, 3.63) is 108 Å². The number of benzene rings is 3. The second-order valence-corrected chi connectivity index (χ2v) is 9.84. The quantitative estimate of drug-likeness (QED) is 0.423. The third-order valence-corrected chi connectivity index (χ3v) is 7.04. The number of rotatable bonds is 7. The monoisotopic (exact) mass is 469 g/mol. The lowest BCUT2D eigenvalue weighted by Crippen LogP contribution is -2.44. The van der Waals surface area contributed by atoms with E-state index in [4.69, 9.17) is 18.9 Å². The fourth-order valence-electron chi connectivity index (χ4n) is 5.58. The molecule has 1 unspecified atom stereocenters. The Kier molecular flexibility index (Phi) is 6.25. The van der Waals surface area contributed by atoms with Gasteiger partial charge in [-0.25, -0.2) is 0 Å². The second-order valence-electron chi connectivity index (χ2n) is 9.84. The molecule has 0 aliphatic carbocycles. The summed E-state index contributed by atoms with van der Waals surface area (Å²) in [5.41, 5.74) is 1.50. The lowest BCUT2D eigenvalue weighted by Gasteiger charge is -2.37. The van der Waals surface area contributed by atoms with Gasteiger partial charge in [0.25, 0.3) is 0 Å². The Morgan fingerprint density at radius 2 is 1.31 bits per heavy atom. The van der Waals surface area contributed by atoms with Crippen molar-refractivity contribution in [2.24, 2.45) is 0 Å². The molecule has 4 atom stereocenters. The first-order chi connectivity index (χ1) is 16.9. The van der Waals surface area contributed by atoms with Gasteiger partial charge in [0.2, 0.25) is 0 Å². The zero-order valence-corrected chi connectivity index (χ0v) is 20.4. The van der Waals surface area contributed by atoms with Crippen molar-refractivity contribution < 1.29 is 18.9 Å². The molecule has 2 heterocycles. The molecule has 35 heavy (non-hydrogen) atoms. The highest BCUT2D eigenvalue weighted by atomic mass is 16.8. The van der Waals surface area contributed by atoms with Crippen LogP contribution in [-0.2, 0) is 24.5 Å². The van der Waals surface area contributed by atoms with E-state index in [1.807, 2.05) is 75.4 Å². The second kappa shape index (κ2) is 9.22. The average molecular weight is 470 g/mol. The highest BCUT2D eigenvalue weighted by Crippen LogP contribution is 2.48. The zero-order valence-electron chi connectivity index (χ0n) is 20.4. The number of ether oxygens (including phenoxy) is 4. The summed E-state index contributed by atoms with van der Waals surface area (Å²) in [6.07, 6.45) is -0.914. The van der Waals surface area contributed by atoms with E-state index in [-0.39, 0.29) is 19.1 Å². The molecule has 3 aromatic carbocycles. The van der Waals surface area contributed by atoms with Gasteiger partial charge in [-0.1, -0.05) is 91.0 Å². The summed E-state index contributed by atoms with van der Waals surface area (Å²) in [5, 5.41) is 9.43. The van der Waals surface area contributed by atoms with Crippen molar-refractivity contribution in [3.8, 4) is 6.07 Å². The molecule has 2 saturated heterocycles. The summed E-state index contributed by atoms with van der Waals surface area (Å²) in [7, 11) is 0. The highest BCUT2D eigenvalue weighted by molar-refractivity contribution is 5.47. The minimum absolute atomic E-state index is 0.226. The van der Waals surface area contributed by atoms with Gasteiger partial charge in [-0.2, -0.15) is 5.26 Å². The van der Waals surface area contributed by atoms with Gasteiger partial charge < -0.3 is 18.9 Å². The highest BCUT2D eigenvalue weighted by Gasteiger charge is 2.63. The molecule has 0 aromatic heterocycles. The van der Waals surface area contributed by atoms with E-state index in [1.54, 1.807) is 0 Å². The third kappa shape index (κ3) is 4.17. The average Bonchev–Trinajstić information content (AvgIpc) is 3.27. The van der Waals surface area contributed by atoms with Crippen LogP contribution < -0.4 is 0 Å². The maximum Gasteiger partial charge on any atom is 0.164 e. The lowest BCUT2D eigenvalue weighted by molar-refractivity contribution is -0.208. The van der Waals surface area contributed by atoms with Crippen LogP contribution in [0.4, 0.5) is 0 Å². The van der Waals surface area contributed by atoms with Crippen LogP contribution in [0.2, 0.25) is 0 Å². The summed E-state index contributed by atoms with van der Waals surface area (Å²) in [6, 6.07) is 33.0. The number of fused-ring (bicyclic) bond motifs is 1. The standard InChI is InChI=1S/C30H31NO4/c1-28(2)34-27-25(33-26(19-20-31)29(27,3)35-28)21-32-30(22-13-7-4-8-14-22,23-15-9-5-10-16-23)24-17-11-6-12-18-24/h4-18,25-27H,19,21H2,1-3H3/t25?,26-,27+,29-/m0/s1. The van der Waals surface area contributed by atoms with Gasteiger partial charge in [0.15, 0.2) is 5.79 Å². The Balaban J connectivity index is 1.56. The molecule has 2 aliphatic heterocycles. The van der Waals surface area contributed by atoms with Crippen LogP contribution in [0.1, 0.15) is 43.9 Å². The lowest BCUT2D eigenvalue weighted by atomic mass is 9.80. The molecule has 5 rings (SSSR count). The summed E-state index contributed by atoms with van der Waals surface area (Å²) in [6.45, 7) is 6.05. The van der Waals surface area contributed by atoms with E-state index >= 15 is 0 Å². The zero-order chi connectivity index (χ0) is 24.5. The van der Waals surface area contributed by atoms with Crippen molar-refractivity contribution in [1.82, 2.24) is 0 Å². The number of nitrogens with zero attached hydrogens (tertiary/aromatic N) is 1. The molecule has 0 bridgehead atoms. The SMILES string of the molecule is CC1(C)O[C@@H]2C(COC(c3ccccc3)(c3ccccc3)c3ccccc3)O[C@@H](CC#N)[C@]2(C)O1. The molecule has 0 N–H and O–H groups in total. The van der Waals surface area contributed by atoms with E-state index in [0.29, 0.717) is 0 Å². The van der Waals surface area contributed by atoms with Crippen LogP contribution in [0.3, 0.4) is 0 Å². The summed E-state index contributed by atoms with van der Waals surface area (Å²) in [5.74, 6) is -0.759. The van der Waals surface area contributed by atoms with E-state index in [9.17, 15) is 5.26 Å². The normalized spacial score (nSPS) is 27.3. The van der Waals surface area contributed by atoms with Gasteiger partial charge in [-0.15, -0.1) is 0 Å². The topological polar surface area (TPSA) is 60.7 Å². The van der Waals surface area contributed by atoms with Gasteiger partial charge in [-0.05, 0) is 37.5 Å². The molecule has 2 aliphatic rings. The van der Waals surface area contributed by atoms with Gasteiger partial charge >= 0.3 is 0 Å². The molecular formula is C30H31NO4. The molecule has 5 heteroatoms. The third-order valence-electron chi connectivity index (χ3n) is 7.04. The molecule has 0 spiro atoms. The molecule has 180 valence electrons. The van der Waals surface area contributed by atoms with Crippen molar-refractivity contribution in [1.29, 1.82) is 5.26 Å². The summed E-state index contributed by atoms with van der Waals surface area (Å²) in [4.78, 5) is 0. The Morgan fingerprint density at radius 3 is 1.77 bits per heavy atom. The van der Waals surface area contributed by atoms with Crippen LogP contribution in [0.5, 0.6) is 0 Å². The predicted molar refractivity (Wildman–Crippen MR) is 132 cm³/mol. The maximum atomic E-state index is 9.43. The first-order valence-electron chi connectivity index (χ1n) is 12.1. The summed E-state index contributed by atoms with van der Waals surface area (Å²) < 4.78 is 25.9. The largest absolute Gasteiger partial charge is 0.366 e. The van der Waals surface area contributed by atoms with E-state index < -0.39 is 29.2 Å². The van der Waals surface area contributed by atoms with Crippen molar-refractivity contribution in [3.63, 3.8) is 0 Å². The molecular weight excluding hydrogens is 438 g/mol. The Labute approximate surface area is 207 Å². The number of nitriles is 1. The van der Waals surface area contributed by atoms with Crippen LogP contribution in [0.15, 0.2) is 91.0 Å². The van der Waals surface area contributed by atoms with Crippen molar-refractivity contribution in [2.45, 2.75) is 62.5 Å². The molecule has 3 aromatic rings. The molecule has 5 nitrogen and oxygen atoms in total. The molecule has 2 fully saturated rings. The van der Waals surface area contributed by atoms with Crippen LogP contribution in [0.25, 0.3) is 0 Å². The fraction of sp³-hybridized carbons (Fsp3) is 0.367. The first kappa shape index (κ1) is 23.7. The minimum Gasteiger partial charge on any atom is -0.366 e. The molecule has 0 radical (unpaired) electrons. The van der Waals surface area contributed by atoms with Gasteiger partial charge in [0.05, 0.1) is 19.1 Å². The maximum absolute atomic E-state index is 9.43. The van der Waals surface area contributed by atoms with E-state index in [0.717, 1.165) is 16.7 Å². The predicted octanol–water partition coefficient (Wildman–Crippen LogP) is 5.59. The van der Waals surface area contributed by atoms with E-state index in [1.165, 1.54) is 0 Å². The summed E-state index contributed by atoms with van der Waals surface area (Å²) >= 11 is 0. The van der Waals surface area contributed by atoms with Crippen LogP contribution >= 0.6 is 0 Å². The van der Waals surface area contributed by atoms with E-state index in [2.05, 4.69) is 42.5 Å².